The van der Waals surface area contributed by atoms with Crippen molar-refractivity contribution < 1.29 is 0 Å². The van der Waals surface area contributed by atoms with Gasteiger partial charge in [0.1, 0.15) is 0 Å². The van der Waals surface area contributed by atoms with Crippen molar-refractivity contribution in [3.05, 3.63) is 103 Å². The molecule has 162 valence electrons. The maximum atomic E-state index is 2.57. The molecule has 2 nitrogen and oxygen atoms in total. The Morgan fingerprint density at radius 1 is 0.429 bits per heavy atom. The van der Waals surface area contributed by atoms with E-state index in [0.717, 1.165) is 0 Å². The second-order valence-corrected chi connectivity index (χ2v) is 9.85. The zero-order chi connectivity index (χ0) is 22.8. The molecule has 3 heterocycles. The molecule has 2 heteroatoms. The van der Waals surface area contributed by atoms with Crippen LogP contribution in [0.4, 0.5) is 0 Å². The van der Waals surface area contributed by atoms with E-state index in [0.29, 0.717) is 0 Å². The van der Waals surface area contributed by atoms with Gasteiger partial charge in [0.25, 0.3) is 0 Å². The minimum atomic E-state index is 1.27. The van der Waals surface area contributed by atoms with Gasteiger partial charge in [-0.25, -0.2) is 0 Å². The van der Waals surface area contributed by atoms with Gasteiger partial charge in [0.2, 0.25) is 0 Å². The van der Waals surface area contributed by atoms with E-state index in [1.807, 2.05) is 0 Å². The number of benzene rings is 6. The highest BCUT2D eigenvalue weighted by atomic mass is 15.0. The number of hydrogen-bond acceptors (Lipinski definition) is 0. The lowest BCUT2D eigenvalue weighted by Crippen LogP contribution is -1.91. The predicted octanol–water partition coefficient (Wildman–Crippen LogP) is 8.79. The lowest BCUT2D eigenvalue weighted by atomic mass is 10.0. The number of rotatable bonds is 0. The molecule has 9 aromatic rings. The van der Waals surface area contributed by atoms with Crippen molar-refractivity contribution in [3.8, 4) is 0 Å². The fourth-order valence-electron chi connectivity index (χ4n) is 6.69. The Morgan fingerprint density at radius 2 is 1.06 bits per heavy atom. The molecule has 6 aromatic carbocycles. The second kappa shape index (κ2) is 5.92. The molecule has 3 aromatic heterocycles. The quantitative estimate of drug-likeness (QED) is 0.221. The Bertz CT molecular complexity index is 2330. The van der Waals surface area contributed by atoms with Crippen LogP contribution in [0.2, 0.25) is 0 Å². The SMILES string of the molecule is Cn1c2cccc3c4cccc5c6cc7ccccc7cc6n(c45)c4c5ccccc5cc1c4c32. The third kappa shape index (κ3) is 1.99. The van der Waals surface area contributed by atoms with Crippen LogP contribution in [0.1, 0.15) is 0 Å². The summed E-state index contributed by atoms with van der Waals surface area (Å²) >= 11 is 0. The van der Waals surface area contributed by atoms with Crippen molar-refractivity contribution in [2.75, 3.05) is 0 Å². The molecule has 0 aliphatic carbocycles. The predicted molar refractivity (Wildman–Crippen MR) is 150 cm³/mol. The van der Waals surface area contributed by atoms with E-state index in [1.54, 1.807) is 0 Å². The highest BCUT2D eigenvalue weighted by Gasteiger charge is 2.22. The summed E-state index contributed by atoms with van der Waals surface area (Å²) in [5.41, 5.74) is 6.45. The first kappa shape index (κ1) is 17.9. The fraction of sp³-hybridized carbons (Fsp3) is 0.0303. The Morgan fingerprint density at radius 3 is 1.91 bits per heavy atom. The van der Waals surface area contributed by atoms with Crippen LogP contribution in [-0.2, 0) is 7.05 Å². The van der Waals surface area contributed by atoms with Gasteiger partial charge in [-0.05, 0) is 45.8 Å². The molecule has 0 atom stereocenters. The monoisotopic (exact) mass is 444 g/mol. The highest BCUT2D eigenvalue weighted by Crippen LogP contribution is 2.45. The highest BCUT2D eigenvalue weighted by molar-refractivity contribution is 6.34. The second-order valence-electron chi connectivity index (χ2n) is 9.85. The first-order valence-electron chi connectivity index (χ1n) is 12.2. The maximum absolute atomic E-state index is 2.57. The van der Waals surface area contributed by atoms with Crippen molar-refractivity contribution in [2.24, 2.45) is 7.05 Å². The Balaban J connectivity index is 1.79. The number of hydrogen-bond donors (Lipinski definition) is 0. The Labute approximate surface area is 200 Å². The lowest BCUT2D eigenvalue weighted by Gasteiger charge is -2.08. The van der Waals surface area contributed by atoms with Crippen molar-refractivity contribution in [2.45, 2.75) is 0 Å². The molecule has 0 amide bonds. The fourth-order valence-corrected chi connectivity index (χ4v) is 6.69. The van der Waals surface area contributed by atoms with Crippen molar-refractivity contribution >= 4 is 81.4 Å². The first-order chi connectivity index (χ1) is 17.3. The van der Waals surface area contributed by atoms with E-state index >= 15 is 0 Å². The van der Waals surface area contributed by atoms with Crippen LogP contribution in [-0.4, -0.2) is 8.97 Å². The van der Waals surface area contributed by atoms with Crippen LogP contribution in [0.25, 0.3) is 81.4 Å². The number of fused-ring (bicyclic) bond motifs is 8. The average molecular weight is 445 g/mol. The maximum Gasteiger partial charge on any atom is 0.0641 e. The smallest absolute Gasteiger partial charge is 0.0641 e. The van der Waals surface area contributed by atoms with E-state index < -0.39 is 0 Å². The molecular formula is C33H20N2. The van der Waals surface area contributed by atoms with Gasteiger partial charge in [0.05, 0.1) is 22.1 Å². The average Bonchev–Trinajstić information content (AvgIpc) is 3.32. The molecule has 0 radical (unpaired) electrons. The van der Waals surface area contributed by atoms with Crippen LogP contribution < -0.4 is 0 Å². The molecule has 0 aliphatic rings. The minimum absolute atomic E-state index is 1.27. The summed E-state index contributed by atoms with van der Waals surface area (Å²) in [5, 5.41) is 13.1. The molecule has 0 fully saturated rings. The molecule has 0 N–H and O–H groups in total. The van der Waals surface area contributed by atoms with Crippen LogP contribution >= 0.6 is 0 Å². The van der Waals surface area contributed by atoms with Gasteiger partial charge in [-0.2, -0.15) is 0 Å². The van der Waals surface area contributed by atoms with Crippen molar-refractivity contribution in [3.63, 3.8) is 0 Å². The largest absolute Gasteiger partial charge is 0.344 e. The number of aryl methyl sites for hydroxylation is 1. The summed E-state index contributed by atoms with van der Waals surface area (Å²) in [5.74, 6) is 0. The summed E-state index contributed by atoms with van der Waals surface area (Å²) in [4.78, 5) is 0. The van der Waals surface area contributed by atoms with Gasteiger partial charge in [0, 0.05) is 44.9 Å². The number of para-hydroxylation sites is 1. The zero-order valence-corrected chi connectivity index (χ0v) is 19.2. The molecule has 0 spiro atoms. The molecule has 0 unspecified atom stereocenters. The first-order valence-corrected chi connectivity index (χ1v) is 12.2. The van der Waals surface area contributed by atoms with Gasteiger partial charge in [-0.3, -0.25) is 0 Å². The van der Waals surface area contributed by atoms with Gasteiger partial charge in [-0.1, -0.05) is 78.9 Å². The van der Waals surface area contributed by atoms with Gasteiger partial charge < -0.3 is 8.97 Å². The topological polar surface area (TPSA) is 9.34 Å². The van der Waals surface area contributed by atoms with Gasteiger partial charge in [0.15, 0.2) is 0 Å². The lowest BCUT2D eigenvalue weighted by molar-refractivity contribution is 1.02. The van der Waals surface area contributed by atoms with E-state index in [2.05, 4.69) is 119 Å². The summed E-state index contributed by atoms with van der Waals surface area (Å²) in [6.45, 7) is 0. The third-order valence-corrected chi connectivity index (χ3v) is 8.18. The molecule has 9 rings (SSSR count). The van der Waals surface area contributed by atoms with Crippen LogP contribution in [0.5, 0.6) is 0 Å². The van der Waals surface area contributed by atoms with E-state index in [4.69, 9.17) is 0 Å². The van der Waals surface area contributed by atoms with E-state index in [-0.39, 0.29) is 0 Å². The van der Waals surface area contributed by atoms with Crippen molar-refractivity contribution in [1.29, 1.82) is 0 Å². The van der Waals surface area contributed by atoms with Crippen molar-refractivity contribution in [1.82, 2.24) is 8.97 Å². The van der Waals surface area contributed by atoms with Crippen LogP contribution in [0, 0.1) is 0 Å². The standard InChI is InChI=1S/C33H20N2/c1-34-27-15-7-12-23-24-13-6-14-25-26-16-19-8-2-3-9-20(19)17-28(26)35(32(24)25)33-22-11-5-4-10-21(22)18-29(34)31(33)30(23)27/h2-18H,1H3. The van der Waals surface area contributed by atoms with E-state index in [1.165, 1.54) is 81.4 Å². The third-order valence-electron chi connectivity index (χ3n) is 8.18. The van der Waals surface area contributed by atoms with Crippen LogP contribution in [0.15, 0.2) is 103 Å². The summed E-state index contributed by atoms with van der Waals surface area (Å²) in [6, 6.07) is 38.3. The summed E-state index contributed by atoms with van der Waals surface area (Å²) in [7, 11) is 2.21. The molecule has 35 heavy (non-hydrogen) atoms. The van der Waals surface area contributed by atoms with Gasteiger partial charge in [-0.15, -0.1) is 0 Å². The Kier molecular flexibility index (Phi) is 3.02. The molecule has 0 bridgehead atoms. The molecule has 0 saturated heterocycles. The molecule has 0 aliphatic heterocycles. The summed E-state index contributed by atoms with van der Waals surface area (Å²) < 4.78 is 4.94. The van der Waals surface area contributed by atoms with Crippen LogP contribution in [0.3, 0.4) is 0 Å². The summed E-state index contributed by atoms with van der Waals surface area (Å²) in [6.07, 6.45) is 0. The zero-order valence-electron chi connectivity index (χ0n) is 19.2. The normalized spacial score (nSPS) is 12.7. The Hall–Kier alpha value is -4.56. The molecular weight excluding hydrogens is 424 g/mol. The van der Waals surface area contributed by atoms with Gasteiger partial charge >= 0.3 is 0 Å². The minimum Gasteiger partial charge on any atom is -0.344 e. The molecule has 0 saturated carbocycles. The number of nitrogens with zero attached hydrogens (tertiary/aromatic N) is 2. The van der Waals surface area contributed by atoms with E-state index in [9.17, 15) is 0 Å². The number of aromatic nitrogens is 2.